The second-order valence-electron chi connectivity index (χ2n) is 7.77. The van der Waals surface area contributed by atoms with Crippen LogP contribution >= 0.6 is 11.8 Å². The molecule has 0 spiro atoms. The van der Waals surface area contributed by atoms with Crippen molar-refractivity contribution in [1.29, 1.82) is 0 Å². The third-order valence-electron chi connectivity index (χ3n) is 5.37. The number of carbonyl (C=O) groups is 2. The van der Waals surface area contributed by atoms with Crippen molar-refractivity contribution in [2.24, 2.45) is 0 Å². The van der Waals surface area contributed by atoms with E-state index in [9.17, 15) is 18.0 Å². The summed E-state index contributed by atoms with van der Waals surface area (Å²) in [5.74, 6) is -0.260. The quantitative estimate of drug-likeness (QED) is 0.306. The Labute approximate surface area is 198 Å². The van der Waals surface area contributed by atoms with E-state index in [0.717, 1.165) is 16.2 Å². The smallest absolute Gasteiger partial charge is 0.194 e. The minimum atomic E-state index is -3.36. The van der Waals surface area contributed by atoms with Gasteiger partial charge in [0, 0.05) is 45.3 Å². The predicted molar refractivity (Wildman–Crippen MR) is 128 cm³/mol. The molecule has 0 saturated carbocycles. The fourth-order valence-corrected chi connectivity index (χ4v) is 5.85. The highest BCUT2D eigenvalue weighted by atomic mass is 32.2. The average molecular weight is 481 g/mol. The summed E-state index contributed by atoms with van der Waals surface area (Å²) in [5.41, 5.74) is 1.66. The molecule has 0 radical (unpaired) electrons. The number of carbonyl (C=O) groups excluding carboxylic acids is 2. The summed E-state index contributed by atoms with van der Waals surface area (Å²) in [5, 5.41) is 0. The number of sulfone groups is 1. The number of ether oxygens (including phenoxy) is 1. The van der Waals surface area contributed by atoms with Gasteiger partial charge in [0.25, 0.3) is 0 Å². The number of rotatable bonds is 9. The lowest BCUT2D eigenvalue weighted by Crippen LogP contribution is -2.20. The molecule has 0 amide bonds. The maximum Gasteiger partial charge on any atom is 0.194 e. The van der Waals surface area contributed by atoms with Gasteiger partial charge in [-0.15, -0.1) is 0 Å². The Morgan fingerprint density at radius 3 is 2.03 bits per heavy atom. The van der Waals surface area contributed by atoms with E-state index in [1.54, 1.807) is 60.7 Å². The molecule has 3 aromatic carbocycles. The van der Waals surface area contributed by atoms with Crippen LogP contribution in [0.15, 0.2) is 81.4 Å². The van der Waals surface area contributed by atoms with Crippen molar-refractivity contribution in [3.8, 4) is 0 Å². The lowest BCUT2D eigenvalue weighted by molar-refractivity contribution is 0.0979. The van der Waals surface area contributed by atoms with Crippen molar-refractivity contribution in [3.05, 3.63) is 89.0 Å². The van der Waals surface area contributed by atoms with Crippen LogP contribution < -0.4 is 0 Å². The van der Waals surface area contributed by atoms with Crippen LogP contribution in [-0.4, -0.2) is 39.0 Å². The first kappa shape index (κ1) is 23.4. The summed E-state index contributed by atoms with van der Waals surface area (Å²) >= 11 is 1.41. The first-order valence-corrected chi connectivity index (χ1v) is 13.3. The van der Waals surface area contributed by atoms with Gasteiger partial charge in [-0.1, -0.05) is 43.0 Å². The summed E-state index contributed by atoms with van der Waals surface area (Å²) < 4.78 is 30.4. The Balaban J connectivity index is 1.47. The summed E-state index contributed by atoms with van der Waals surface area (Å²) in [7, 11) is -3.36. The normalized spacial score (nSPS) is 13.0. The van der Waals surface area contributed by atoms with Crippen LogP contribution in [0.3, 0.4) is 0 Å². The summed E-state index contributed by atoms with van der Waals surface area (Å²) in [6, 6.07) is 18.8. The van der Waals surface area contributed by atoms with Gasteiger partial charge in [0.1, 0.15) is 0 Å². The van der Waals surface area contributed by atoms with Crippen LogP contribution in [0.1, 0.15) is 51.6 Å². The van der Waals surface area contributed by atoms with Crippen LogP contribution in [0.2, 0.25) is 0 Å². The van der Waals surface area contributed by atoms with Gasteiger partial charge in [0.15, 0.2) is 21.4 Å². The van der Waals surface area contributed by atoms with Crippen molar-refractivity contribution in [3.63, 3.8) is 0 Å². The molecular weight excluding hydrogens is 456 g/mol. The first-order chi connectivity index (χ1) is 15.9. The Morgan fingerprint density at radius 1 is 0.758 bits per heavy atom. The maximum atomic E-state index is 12.9. The van der Waals surface area contributed by atoms with Gasteiger partial charge >= 0.3 is 0 Å². The molecule has 0 fully saturated rings. The molecule has 170 valence electrons. The Hall–Kier alpha value is -2.74. The second-order valence-corrected chi connectivity index (χ2v) is 11.0. The van der Waals surface area contributed by atoms with Gasteiger partial charge < -0.3 is 4.74 Å². The largest absolute Gasteiger partial charge is 0.381 e. The lowest BCUT2D eigenvalue weighted by Gasteiger charge is -2.18. The monoisotopic (exact) mass is 480 g/mol. The minimum absolute atomic E-state index is 0.0473. The molecule has 4 rings (SSSR count). The number of benzene rings is 3. The molecule has 0 atom stereocenters. The van der Waals surface area contributed by atoms with E-state index in [2.05, 4.69) is 0 Å². The first-order valence-electron chi connectivity index (χ1n) is 10.8. The highest BCUT2D eigenvalue weighted by molar-refractivity contribution is 7.99. The van der Waals surface area contributed by atoms with E-state index in [0.29, 0.717) is 41.9 Å². The van der Waals surface area contributed by atoms with Gasteiger partial charge in [-0.05, 0) is 55.3 Å². The van der Waals surface area contributed by atoms with Crippen molar-refractivity contribution >= 4 is 33.2 Å². The number of ketones is 2. The minimum Gasteiger partial charge on any atom is -0.381 e. The number of hydrogen-bond donors (Lipinski definition) is 0. The summed E-state index contributed by atoms with van der Waals surface area (Å²) in [6.07, 6.45) is 1.37. The third-order valence-corrected chi connectivity index (χ3v) is 8.18. The van der Waals surface area contributed by atoms with Crippen molar-refractivity contribution < 1.29 is 22.7 Å². The molecule has 1 aliphatic rings. The lowest BCUT2D eigenvalue weighted by atomic mass is 9.84. The summed E-state index contributed by atoms with van der Waals surface area (Å²) in [6.45, 7) is 3.09. The Morgan fingerprint density at radius 2 is 1.36 bits per heavy atom. The molecule has 0 heterocycles. The van der Waals surface area contributed by atoms with Gasteiger partial charge in [-0.25, -0.2) is 8.42 Å². The zero-order valence-corrected chi connectivity index (χ0v) is 19.9. The van der Waals surface area contributed by atoms with E-state index in [1.165, 1.54) is 11.8 Å². The van der Waals surface area contributed by atoms with Crippen LogP contribution in [0.5, 0.6) is 0 Å². The van der Waals surface area contributed by atoms with Crippen molar-refractivity contribution in [2.45, 2.75) is 34.5 Å². The fraction of sp³-hybridized carbons (Fsp3) is 0.231. The predicted octanol–water partition coefficient (Wildman–Crippen LogP) is 5.20. The highest BCUT2D eigenvalue weighted by Crippen LogP contribution is 2.34. The maximum absolute atomic E-state index is 12.9. The molecule has 33 heavy (non-hydrogen) atoms. The molecule has 0 unspecified atom stereocenters. The number of fused-ring (bicyclic) bond motifs is 2. The van der Waals surface area contributed by atoms with Crippen molar-refractivity contribution in [2.75, 3.05) is 19.0 Å². The SMILES string of the molecule is CCCOCCCS(=O)(=O)c1ccc(Sc2ccc3c(c2)C(=O)c2ccccc2C3=O)cc1. The molecule has 3 aromatic rings. The van der Waals surface area contributed by atoms with Crippen LogP contribution in [-0.2, 0) is 14.6 Å². The molecule has 0 bridgehead atoms. The van der Waals surface area contributed by atoms with Crippen molar-refractivity contribution in [1.82, 2.24) is 0 Å². The van der Waals surface area contributed by atoms with Gasteiger partial charge in [0.2, 0.25) is 0 Å². The van der Waals surface area contributed by atoms with E-state index in [4.69, 9.17) is 4.74 Å². The van der Waals surface area contributed by atoms with E-state index < -0.39 is 9.84 Å². The van der Waals surface area contributed by atoms with E-state index in [-0.39, 0.29) is 22.2 Å². The van der Waals surface area contributed by atoms with Gasteiger partial charge in [-0.3, -0.25) is 9.59 Å². The van der Waals surface area contributed by atoms with E-state index in [1.807, 2.05) is 13.0 Å². The molecule has 1 aliphatic carbocycles. The number of hydrogen-bond acceptors (Lipinski definition) is 6. The zero-order valence-electron chi connectivity index (χ0n) is 18.2. The fourth-order valence-electron chi connectivity index (χ4n) is 3.71. The molecule has 0 aliphatic heterocycles. The molecule has 0 saturated heterocycles. The Bertz CT molecular complexity index is 1290. The zero-order chi connectivity index (χ0) is 23.4. The molecule has 5 nitrogen and oxygen atoms in total. The second kappa shape index (κ2) is 10.0. The van der Waals surface area contributed by atoms with Crippen LogP contribution in [0, 0.1) is 0 Å². The van der Waals surface area contributed by atoms with Crippen LogP contribution in [0.25, 0.3) is 0 Å². The average Bonchev–Trinajstić information content (AvgIpc) is 2.83. The highest BCUT2D eigenvalue weighted by Gasteiger charge is 2.29. The van der Waals surface area contributed by atoms with Crippen LogP contribution in [0.4, 0.5) is 0 Å². The molecular formula is C26H24O5S2. The van der Waals surface area contributed by atoms with Gasteiger partial charge in [0.05, 0.1) is 10.6 Å². The Kier molecular flexibility index (Phi) is 7.12. The topological polar surface area (TPSA) is 77.5 Å². The molecule has 7 heteroatoms. The molecule has 0 aromatic heterocycles. The van der Waals surface area contributed by atoms with Gasteiger partial charge in [-0.2, -0.15) is 0 Å². The molecule has 0 N–H and O–H groups in total. The third kappa shape index (κ3) is 5.11. The summed E-state index contributed by atoms with van der Waals surface area (Å²) in [4.78, 5) is 27.6. The standard InChI is InChI=1S/C26H24O5S2/c1-2-14-31-15-5-16-33(29,30)20-11-8-18(9-12-20)32-19-10-13-23-24(17-19)26(28)22-7-4-3-6-21(22)25(23)27/h3-4,6-13,17H,2,5,14-16H2,1H3. The van der Waals surface area contributed by atoms with E-state index >= 15 is 0 Å².